The minimum absolute atomic E-state index is 0.0233. The number of ether oxygens (including phenoxy) is 3. The van der Waals surface area contributed by atoms with Crippen LogP contribution in [0, 0.1) is 0 Å². The molecule has 0 atom stereocenters. The first-order chi connectivity index (χ1) is 13.0. The van der Waals surface area contributed by atoms with E-state index in [0.29, 0.717) is 10.7 Å². The average Bonchev–Trinajstić information content (AvgIpc) is 2.72. The summed E-state index contributed by atoms with van der Waals surface area (Å²) >= 11 is 5.96. The van der Waals surface area contributed by atoms with Gasteiger partial charge in [0.05, 0.1) is 26.4 Å². The molecule has 0 amide bonds. The molecule has 0 saturated carbocycles. The zero-order valence-corrected chi connectivity index (χ0v) is 15.7. The number of methoxy groups -OCH3 is 2. The summed E-state index contributed by atoms with van der Waals surface area (Å²) < 4.78 is 15.2. The normalized spacial score (nSPS) is 14.1. The number of benzene rings is 2. The fourth-order valence-corrected chi connectivity index (χ4v) is 2.97. The van der Waals surface area contributed by atoms with Crippen molar-refractivity contribution in [3.63, 3.8) is 0 Å². The van der Waals surface area contributed by atoms with Gasteiger partial charge in [-0.05, 0) is 35.4 Å². The Labute approximate surface area is 161 Å². The fourth-order valence-electron chi connectivity index (χ4n) is 2.84. The number of rotatable bonds is 4. The monoisotopic (exact) mass is 387 g/mol. The lowest BCUT2D eigenvalue weighted by Gasteiger charge is -2.31. The smallest absolute Gasteiger partial charge is 0.355 e. The first kappa shape index (κ1) is 18.9. The van der Waals surface area contributed by atoms with Crippen LogP contribution in [-0.2, 0) is 23.8 Å². The molecule has 1 aliphatic rings. The van der Waals surface area contributed by atoms with Gasteiger partial charge in [-0.1, -0.05) is 35.9 Å². The predicted octanol–water partition coefficient (Wildman–Crippen LogP) is 3.40. The van der Waals surface area contributed by atoms with Gasteiger partial charge >= 0.3 is 11.9 Å². The molecule has 7 heteroatoms. The van der Waals surface area contributed by atoms with Crippen LogP contribution in [0.25, 0.3) is 11.1 Å². The highest BCUT2D eigenvalue weighted by molar-refractivity contribution is 6.30. The standard InChI is InChI=1S/C20H18ClNO5/c1-25-19(23)17-11-27-12-22(18(17)20(24)26-2)16-5-3-4-14(10-16)13-6-8-15(21)9-7-13/h3-10H,11-12H2,1-2H3. The molecular formula is C20H18ClNO5. The van der Waals surface area contributed by atoms with Crippen LogP contribution < -0.4 is 4.90 Å². The Balaban J connectivity index is 2.06. The number of esters is 2. The molecule has 2 aromatic rings. The van der Waals surface area contributed by atoms with Crippen LogP contribution >= 0.6 is 11.6 Å². The third kappa shape index (κ3) is 3.97. The van der Waals surface area contributed by atoms with Crippen molar-refractivity contribution in [2.75, 3.05) is 32.5 Å². The maximum Gasteiger partial charge on any atom is 0.355 e. The first-order valence-electron chi connectivity index (χ1n) is 8.16. The van der Waals surface area contributed by atoms with E-state index < -0.39 is 11.9 Å². The second kappa shape index (κ2) is 8.24. The summed E-state index contributed by atoms with van der Waals surface area (Å²) in [7, 11) is 2.52. The quantitative estimate of drug-likeness (QED) is 0.749. The minimum atomic E-state index is -0.631. The number of carbonyl (C=O) groups is 2. The second-order valence-corrected chi connectivity index (χ2v) is 6.21. The van der Waals surface area contributed by atoms with Gasteiger partial charge < -0.3 is 19.1 Å². The summed E-state index contributed by atoms with van der Waals surface area (Å²) in [5, 5.41) is 0.651. The van der Waals surface area contributed by atoms with Gasteiger partial charge in [0.1, 0.15) is 12.4 Å². The summed E-state index contributed by atoms with van der Waals surface area (Å²) in [6.45, 7) is 0.0828. The van der Waals surface area contributed by atoms with Crippen molar-refractivity contribution in [3.05, 3.63) is 64.8 Å². The molecule has 0 fully saturated rings. The lowest BCUT2D eigenvalue weighted by atomic mass is 10.0. The van der Waals surface area contributed by atoms with E-state index in [1.807, 2.05) is 48.5 Å². The summed E-state index contributed by atoms with van der Waals surface area (Å²) in [6.07, 6.45) is 0. The molecule has 0 radical (unpaired) electrons. The van der Waals surface area contributed by atoms with Gasteiger partial charge in [-0.3, -0.25) is 0 Å². The molecule has 6 nitrogen and oxygen atoms in total. The third-order valence-corrected chi connectivity index (χ3v) is 4.42. The fraction of sp³-hybridized carbons (Fsp3) is 0.200. The van der Waals surface area contributed by atoms with Crippen molar-refractivity contribution in [1.82, 2.24) is 0 Å². The van der Waals surface area contributed by atoms with Gasteiger partial charge in [0.2, 0.25) is 0 Å². The summed E-state index contributed by atoms with van der Waals surface area (Å²) in [5.74, 6) is -1.26. The molecule has 3 rings (SSSR count). The van der Waals surface area contributed by atoms with E-state index in [1.165, 1.54) is 14.2 Å². The zero-order chi connectivity index (χ0) is 19.4. The van der Waals surface area contributed by atoms with E-state index in [9.17, 15) is 9.59 Å². The van der Waals surface area contributed by atoms with E-state index >= 15 is 0 Å². The van der Waals surface area contributed by atoms with Crippen molar-refractivity contribution in [2.45, 2.75) is 0 Å². The van der Waals surface area contributed by atoms with E-state index in [-0.39, 0.29) is 24.6 Å². The Morgan fingerprint density at radius 1 is 1.00 bits per heavy atom. The van der Waals surface area contributed by atoms with Crippen LogP contribution in [0.4, 0.5) is 5.69 Å². The molecule has 0 spiro atoms. The number of hydrogen-bond donors (Lipinski definition) is 0. The molecule has 0 unspecified atom stereocenters. The van der Waals surface area contributed by atoms with Crippen LogP contribution in [-0.4, -0.2) is 39.5 Å². The molecule has 1 heterocycles. The molecule has 0 saturated heterocycles. The largest absolute Gasteiger partial charge is 0.466 e. The van der Waals surface area contributed by atoms with Gasteiger partial charge in [-0.2, -0.15) is 0 Å². The van der Waals surface area contributed by atoms with Crippen LogP contribution in [0.3, 0.4) is 0 Å². The highest BCUT2D eigenvalue weighted by Crippen LogP contribution is 2.30. The van der Waals surface area contributed by atoms with Crippen LogP contribution in [0.1, 0.15) is 0 Å². The van der Waals surface area contributed by atoms with Crippen molar-refractivity contribution in [1.29, 1.82) is 0 Å². The SMILES string of the molecule is COC(=O)C1=C(C(=O)OC)N(c2cccc(-c3ccc(Cl)cc3)c2)COC1. The Morgan fingerprint density at radius 2 is 1.70 bits per heavy atom. The van der Waals surface area contributed by atoms with E-state index in [4.69, 9.17) is 25.8 Å². The molecule has 0 aliphatic carbocycles. The molecule has 2 aromatic carbocycles. The second-order valence-electron chi connectivity index (χ2n) is 5.77. The predicted molar refractivity (Wildman–Crippen MR) is 101 cm³/mol. The Hall–Kier alpha value is -2.83. The topological polar surface area (TPSA) is 65.1 Å². The first-order valence-corrected chi connectivity index (χ1v) is 8.54. The molecule has 27 heavy (non-hydrogen) atoms. The number of anilines is 1. The lowest BCUT2D eigenvalue weighted by molar-refractivity contribution is -0.140. The number of carbonyl (C=O) groups excluding carboxylic acids is 2. The van der Waals surface area contributed by atoms with E-state index in [0.717, 1.165) is 11.1 Å². The molecular weight excluding hydrogens is 370 g/mol. The van der Waals surface area contributed by atoms with Gasteiger partial charge in [0.15, 0.2) is 0 Å². The number of nitrogens with zero attached hydrogens (tertiary/aromatic N) is 1. The molecule has 0 aromatic heterocycles. The Bertz CT molecular complexity index is 892. The van der Waals surface area contributed by atoms with Crippen LogP contribution in [0.15, 0.2) is 59.8 Å². The highest BCUT2D eigenvalue weighted by atomic mass is 35.5. The minimum Gasteiger partial charge on any atom is -0.466 e. The number of halogens is 1. The van der Waals surface area contributed by atoms with Gasteiger partial charge in [-0.25, -0.2) is 9.59 Å². The average molecular weight is 388 g/mol. The van der Waals surface area contributed by atoms with Gasteiger partial charge in [0, 0.05) is 10.7 Å². The van der Waals surface area contributed by atoms with Gasteiger partial charge in [-0.15, -0.1) is 0 Å². The highest BCUT2D eigenvalue weighted by Gasteiger charge is 2.32. The van der Waals surface area contributed by atoms with Crippen molar-refractivity contribution in [3.8, 4) is 11.1 Å². The van der Waals surface area contributed by atoms with Gasteiger partial charge in [0.25, 0.3) is 0 Å². The third-order valence-electron chi connectivity index (χ3n) is 4.17. The molecule has 0 N–H and O–H groups in total. The maximum atomic E-state index is 12.4. The van der Waals surface area contributed by atoms with Crippen LogP contribution in [0.5, 0.6) is 0 Å². The van der Waals surface area contributed by atoms with Crippen molar-refractivity contribution in [2.24, 2.45) is 0 Å². The molecule has 1 aliphatic heterocycles. The Kier molecular flexibility index (Phi) is 5.78. The molecule has 0 bridgehead atoms. The van der Waals surface area contributed by atoms with Crippen molar-refractivity contribution < 1.29 is 23.8 Å². The summed E-state index contributed by atoms with van der Waals surface area (Å²) in [4.78, 5) is 26.1. The summed E-state index contributed by atoms with van der Waals surface area (Å²) in [6, 6.07) is 15.0. The van der Waals surface area contributed by atoms with Crippen LogP contribution in [0.2, 0.25) is 5.02 Å². The van der Waals surface area contributed by atoms with Crippen molar-refractivity contribution >= 4 is 29.2 Å². The Morgan fingerprint density at radius 3 is 2.37 bits per heavy atom. The van der Waals surface area contributed by atoms with E-state index in [1.54, 1.807) is 4.90 Å². The summed E-state index contributed by atoms with van der Waals surface area (Å²) in [5.41, 5.74) is 2.81. The maximum absolute atomic E-state index is 12.4. The van der Waals surface area contributed by atoms with E-state index in [2.05, 4.69) is 0 Å². The zero-order valence-electron chi connectivity index (χ0n) is 14.9. The lowest BCUT2D eigenvalue weighted by Crippen LogP contribution is -2.38. The molecule has 140 valence electrons. The number of hydrogen-bond acceptors (Lipinski definition) is 6.